The third-order valence-electron chi connectivity index (χ3n) is 4.14. The van der Waals surface area contributed by atoms with Crippen LogP contribution in [0.25, 0.3) is 0 Å². The molecule has 2 aromatic rings. The van der Waals surface area contributed by atoms with E-state index in [1.165, 1.54) is 22.5 Å². The van der Waals surface area contributed by atoms with Crippen LogP contribution >= 0.6 is 23.1 Å². The lowest BCUT2D eigenvalue weighted by atomic mass is 10.1. The molecule has 1 aliphatic carbocycles. The van der Waals surface area contributed by atoms with Gasteiger partial charge in [-0.05, 0) is 42.4 Å². The van der Waals surface area contributed by atoms with Crippen LogP contribution in [-0.4, -0.2) is 22.9 Å². The highest BCUT2D eigenvalue weighted by atomic mass is 32.2. The number of rotatable bonds is 6. The highest BCUT2D eigenvalue weighted by Crippen LogP contribution is 2.31. The second-order valence-electron chi connectivity index (χ2n) is 5.72. The fourth-order valence-corrected chi connectivity index (χ4v) is 4.20. The summed E-state index contributed by atoms with van der Waals surface area (Å²) >= 11 is 3.24. The van der Waals surface area contributed by atoms with Crippen LogP contribution in [0.3, 0.4) is 0 Å². The maximum Gasteiger partial charge on any atom is 0.271 e. The number of nitrogens with one attached hydrogen (secondary N) is 1. The zero-order valence-electron chi connectivity index (χ0n) is 13.1. The minimum Gasteiger partial charge on any atom is -0.344 e. The molecule has 2 atom stereocenters. The third-order valence-corrected chi connectivity index (χ3v) is 5.76. The van der Waals surface area contributed by atoms with Crippen molar-refractivity contribution in [2.75, 3.05) is 12.0 Å². The number of carbonyl (C=O) groups is 1. The molecule has 0 fully saturated rings. The molecular formula is C17H21N3OS2. The van der Waals surface area contributed by atoms with Crippen LogP contribution in [0.4, 0.5) is 0 Å². The van der Waals surface area contributed by atoms with Gasteiger partial charge in [0.05, 0.1) is 12.1 Å². The van der Waals surface area contributed by atoms with E-state index in [4.69, 9.17) is 5.73 Å². The number of aromatic nitrogens is 1. The maximum atomic E-state index is 12.4. The van der Waals surface area contributed by atoms with E-state index < -0.39 is 0 Å². The summed E-state index contributed by atoms with van der Waals surface area (Å²) in [5.41, 5.74) is 9.16. The number of nitrogens with zero attached hydrogens (tertiary/aromatic N) is 1. The molecule has 3 rings (SSSR count). The van der Waals surface area contributed by atoms with E-state index in [0.29, 0.717) is 5.69 Å². The maximum absolute atomic E-state index is 12.4. The van der Waals surface area contributed by atoms with Crippen LogP contribution < -0.4 is 11.1 Å². The fraction of sp³-hybridized carbons (Fsp3) is 0.412. The van der Waals surface area contributed by atoms with Gasteiger partial charge in [-0.25, -0.2) is 4.98 Å². The molecule has 1 aromatic carbocycles. The minimum absolute atomic E-state index is 0.0822. The van der Waals surface area contributed by atoms with Gasteiger partial charge in [0.25, 0.3) is 5.91 Å². The van der Waals surface area contributed by atoms with Gasteiger partial charge in [0, 0.05) is 5.38 Å². The number of nitrogens with two attached hydrogens (primary N) is 1. The highest BCUT2D eigenvalue weighted by Gasteiger charge is 2.25. The van der Waals surface area contributed by atoms with Gasteiger partial charge >= 0.3 is 0 Å². The first-order chi connectivity index (χ1) is 11.2. The first-order valence-corrected chi connectivity index (χ1v) is 10.0. The molecule has 0 saturated heterocycles. The Balaban J connectivity index is 1.64. The number of thioether (sulfide) groups is 1. The molecule has 23 heavy (non-hydrogen) atoms. The summed E-state index contributed by atoms with van der Waals surface area (Å²) in [7, 11) is 0. The van der Waals surface area contributed by atoms with Gasteiger partial charge in [-0.3, -0.25) is 4.79 Å². The predicted octanol–water partition coefficient (Wildman–Crippen LogP) is 3.31. The summed E-state index contributed by atoms with van der Waals surface area (Å²) in [4.78, 5) is 16.9. The number of benzene rings is 1. The lowest BCUT2D eigenvalue weighted by Gasteiger charge is -2.13. The van der Waals surface area contributed by atoms with Gasteiger partial charge in [0.1, 0.15) is 10.7 Å². The molecule has 1 heterocycles. The van der Waals surface area contributed by atoms with Gasteiger partial charge in [-0.15, -0.1) is 11.3 Å². The Morgan fingerprint density at radius 1 is 1.52 bits per heavy atom. The largest absolute Gasteiger partial charge is 0.344 e. The standard InChI is InChI=1S/C17H21N3OS2/c1-22-9-8-13(18)17-20-15(10-23-17)16(21)19-14-7-6-11-4-2-3-5-12(11)14/h2-5,10,13-14H,6-9,18H2,1H3,(H,19,21). The topological polar surface area (TPSA) is 68.0 Å². The van der Waals surface area contributed by atoms with E-state index in [-0.39, 0.29) is 18.0 Å². The average molecular weight is 348 g/mol. The Morgan fingerprint density at radius 3 is 3.17 bits per heavy atom. The number of thiazole rings is 1. The Bertz CT molecular complexity index is 686. The molecule has 0 saturated carbocycles. The Labute approximate surface area is 144 Å². The van der Waals surface area contributed by atoms with Gasteiger partial charge < -0.3 is 11.1 Å². The molecule has 0 aliphatic heterocycles. The molecule has 0 bridgehead atoms. The molecular weight excluding hydrogens is 326 g/mol. The number of amides is 1. The van der Waals surface area contributed by atoms with Gasteiger partial charge in [0.15, 0.2) is 0 Å². The number of aryl methyl sites for hydroxylation is 1. The second-order valence-corrected chi connectivity index (χ2v) is 7.60. The smallest absolute Gasteiger partial charge is 0.271 e. The van der Waals surface area contributed by atoms with E-state index in [1.54, 1.807) is 11.8 Å². The van der Waals surface area contributed by atoms with Crippen molar-refractivity contribution in [3.8, 4) is 0 Å². The van der Waals surface area contributed by atoms with Gasteiger partial charge in [-0.1, -0.05) is 24.3 Å². The molecule has 4 nitrogen and oxygen atoms in total. The van der Waals surface area contributed by atoms with E-state index in [2.05, 4.69) is 28.7 Å². The van der Waals surface area contributed by atoms with E-state index in [9.17, 15) is 4.79 Å². The quantitative estimate of drug-likeness (QED) is 0.841. The second kappa shape index (κ2) is 7.47. The minimum atomic E-state index is -0.105. The molecule has 122 valence electrons. The van der Waals surface area contributed by atoms with Crippen molar-refractivity contribution in [3.05, 3.63) is 51.5 Å². The number of fused-ring (bicyclic) bond motifs is 1. The molecule has 1 aliphatic rings. The first-order valence-electron chi connectivity index (χ1n) is 7.77. The van der Waals surface area contributed by atoms with Crippen LogP contribution in [0.15, 0.2) is 29.6 Å². The van der Waals surface area contributed by atoms with E-state index >= 15 is 0 Å². The lowest BCUT2D eigenvalue weighted by molar-refractivity contribution is 0.0932. The third kappa shape index (κ3) is 3.76. The lowest BCUT2D eigenvalue weighted by Crippen LogP contribution is -2.27. The highest BCUT2D eigenvalue weighted by molar-refractivity contribution is 7.98. The Hall–Kier alpha value is -1.37. The summed E-state index contributed by atoms with van der Waals surface area (Å²) < 4.78 is 0. The first kappa shape index (κ1) is 16.5. The predicted molar refractivity (Wildman–Crippen MR) is 97.0 cm³/mol. The normalized spacial score (nSPS) is 17.7. The van der Waals surface area contributed by atoms with E-state index in [0.717, 1.165) is 30.0 Å². The Kier molecular flexibility index (Phi) is 5.35. The molecule has 2 unspecified atom stereocenters. The molecule has 0 spiro atoms. The monoisotopic (exact) mass is 347 g/mol. The van der Waals surface area contributed by atoms with Crippen molar-refractivity contribution >= 4 is 29.0 Å². The SMILES string of the molecule is CSCCC(N)c1nc(C(=O)NC2CCc3ccccc32)cs1. The van der Waals surface area contributed by atoms with E-state index in [1.807, 2.05) is 17.5 Å². The zero-order chi connectivity index (χ0) is 16.2. The van der Waals surface area contributed by atoms with Crippen molar-refractivity contribution < 1.29 is 4.79 Å². The molecule has 1 aromatic heterocycles. The number of hydrogen-bond acceptors (Lipinski definition) is 5. The van der Waals surface area contributed by atoms with Gasteiger partial charge in [-0.2, -0.15) is 11.8 Å². The molecule has 1 amide bonds. The van der Waals surface area contributed by atoms with Crippen molar-refractivity contribution in [2.24, 2.45) is 5.73 Å². The van der Waals surface area contributed by atoms with Crippen LogP contribution in [0.2, 0.25) is 0 Å². The van der Waals surface area contributed by atoms with Crippen LogP contribution in [0.5, 0.6) is 0 Å². The van der Waals surface area contributed by atoms with Crippen LogP contribution in [-0.2, 0) is 6.42 Å². The zero-order valence-corrected chi connectivity index (χ0v) is 14.8. The summed E-state index contributed by atoms with van der Waals surface area (Å²) in [5.74, 6) is 0.896. The molecule has 0 radical (unpaired) electrons. The fourth-order valence-electron chi connectivity index (χ4n) is 2.87. The van der Waals surface area contributed by atoms with Crippen molar-refractivity contribution in [2.45, 2.75) is 31.3 Å². The average Bonchev–Trinajstić information content (AvgIpc) is 3.20. The number of carbonyl (C=O) groups excluding carboxylic acids is 1. The van der Waals surface area contributed by atoms with Crippen molar-refractivity contribution in [1.29, 1.82) is 0 Å². The van der Waals surface area contributed by atoms with Crippen LogP contribution in [0.1, 0.15) is 51.5 Å². The Morgan fingerprint density at radius 2 is 2.35 bits per heavy atom. The van der Waals surface area contributed by atoms with Gasteiger partial charge in [0.2, 0.25) is 0 Å². The summed E-state index contributed by atoms with van der Waals surface area (Å²) in [5, 5.41) is 5.76. The summed E-state index contributed by atoms with van der Waals surface area (Å²) in [6, 6.07) is 8.31. The van der Waals surface area contributed by atoms with Crippen molar-refractivity contribution in [3.63, 3.8) is 0 Å². The molecule has 3 N–H and O–H groups in total. The van der Waals surface area contributed by atoms with Crippen LogP contribution in [0, 0.1) is 0 Å². The van der Waals surface area contributed by atoms with Crippen molar-refractivity contribution in [1.82, 2.24) is 10.3 Å². The molecule has 6 heteroatoms. The summed E-state index contributed by atoms with van der Waals surface area (Å²) in [6.07, 6.45) is 4.91. The summed E-state index contributed by atoms with van der Waals surface area (Å²) in [6.45, 7) is 0. The number of hydrogen-bond donors (Lipinski definition) is 2.